The van der Waals surface area contributed by atoms with Crippen molar-refractivity contribution >= 4 is 27.3 Å². The van der Waals surface area contributed by atoms with Crippen molar-refractivity contribution in [3.05, 3.63) is 53.6 Å². The van der Waals surface area contributed by atoms with Crippen molar-refractivity contribution in [3.8, 4) is 5.75 Å². The van der Waals surface area contributed by atoms with E-state index in [4.69, 9.17) is 4.74 Å². The Labute approximate surface area is 167 Å². The summed E-state index contributed by atoms with van der Waals surface area (Å²) >= 11 is 0. The van der Waals surface area contributed by atoms with Crippen LogP contribution in [0.25, 0.3) is 0 Å². The third-order valence-electron chi connectivity index (χ3n) is 4.25. The van der Waals surface area contributed by atoms with E-state index in [1.54, 1.807) is 25.1 Å². The molecule has 1 amide bonds. The maximum Gasteiger partial charge on any atom is 0.232 e. The Morgan fingerprint density at radius 3 is 2.46 bits per heavy atom. The van der Waals surface area contributed by atoms with Crippen LogP contribution in [0.4, 0.5) is 11.4 Å². The van der Waals surface area contributed by atoms with Gasteiger partial charge in [0.15, 0.2) is 0 Å². The molecule has 0 heterocycles. The van der Waals surface area contributed by atoms with Gasteiger partial charge in [-0.25, -0.2) is 8.42 Å². The number of hydrogen-bond donors (Lipinski definition) is 2. The van der Waals surface area contributed by atoms with Gasteiger partial charge in [0.1, 0.15) is 5.75 Å². The summed E-state index contributed by atoms with van der Waals surface area (Å²) in [7, 11) is -3.38. The molecule has 0 aromatic heterocycles. The van der Waals surface area contributed by atoms with Crippen LogP contribution in [0.5, 0.6) is 5.75 Å². The lowest BCUT2D eigenvalue weighted by Crippen LogP contribution is -2.18. The number of rotatable bonds is 10. The Bertz CT molecular complexity index is 910. The molecule has 0 saturated carbocycles. The summed E-state index contributed by atoms with van der Waals surface area (Å²) in [5.74, 6) is 0.750. The standard InChI is InChI=1S/C21H28N2O4S/c1-4-15-28(25,26)23-19-11-7-10-18(17(19)3)22-21(24)13-8-14-27-20-12-6-5-9-16(20)2/h5-7,9-12,23H,4,8,13-15H2,1-3H3,(H,22,24). The summed E-state index contributed by atoms with van der Waals surface area (Å²) in [6, 6.07) is 12.9. The summed E-state index contributed by atoms with van der Waals surface area (Å²) in [4.78, 5) is 12.2. The van der Waals surface area contributed by atoms with Crippen LogP contribution < -0.4 is 14.8 Å². The van der Waals surface area contributed by atoms with Crippen LogP contribution >= 0.6 is 0 Å². The van der Waals surface area contributed by atoms with Gasteiger partial charge in [-0.3, -0.25) is 9.52 Å². The van der Waals surface area contributed by atoms with Gasteiger partial charge in [-0.15, -0.1) is 0 Å². The third-order valence-corrected chi connectivity index (χ3v) is 5.72. The minimum absolute atomic E-state index is 0.0594. The Morgan fingerprint density at radius 1 is 1.04 bits per heavy atom. The second kappa shape index (κ2) is 10.1. The van der Waals surface area contributed by atoms with Gasteiger partial charge < -0.3 is 10.1 Å². The van der Waals surface area contributed by atoms with Crippen molar-refractivity contribution in [3.63, 3.8) is 0 Å². The molecular weight excluding hydrogens is 376 g/mol. The molecule has 2 rings (SSSR count). The monoisotopic (exact) mass is 404 g/mol. The molecule has 0 saturated heterocycles. The van der Waals surface area contributed by atoms with Gasteiger partial charge in [-0.1, -0.05) is 31.2 Å². The Morgan fingerprint density at radius 2 is 1.75 bits per heavy atom. The minimum atomic E-state index is -3.38. The van der Waals surface area contributed by atoms with Crippen LogP contribution in [0.15, 0.2) is 42.5 Å². The average Bonchev–Trinajstić information content (AvgIpc) is 2.63. The molecule has 0 aliphatic rings. The van der Waals surface area contributed by atoms with Gasteiger partial charge in [0.2, 0.25) is 15.9 Å². The highest BCUT2D eigenvalue weighted by Crippen LogP contribution is 2.24. The van der Waals surface area contributed by atoms with E-state index in [-0.39, 0.29) is 11.7 Å². The maximum absolute atomic E-state index is 12.2. The van der Waals surface area contributed by atoms with E-state index >= 15 is 0 Å². The normalized spacial score (nSPS) is 11.1. The number of nitrogens with one attached hydrogen (secondary N) is 2. The molecule has 2 aromatic rings. The Hall–Kier alpha value is -2.54. The molecular formula is C21H28N2O4S. The van der Waals surface area contributed by atoms with Gasteiger partial charge in [0, 0.05) is 12.1 Å². The molecule has 0 spiro atoms. The summed E-state index contributed by atoms with van der Waals surface area (Å²) in [5.41, 5.74) is 2.83. The predicted molar refractivity (Wildman–Crippen MR) is 113 cm³/mol. The number of carbonyl (C=O) groups excluding carboxylic acids is 1. The van der Waals surface area contributed by atoms with E-state index in [2.05, 4.69) is 10.0 Å². The van der Waals surface area contributed by atoms with Crippen molar-refractivity contribution in [2.75, 3.05) is 22.4 Å². The molecule has 152 valence electrons. The smallest absolute Gasteiger partial charge is 0.232 e. The van der Waals surface area contributed by atoms with Crippen molar-refractivity contribution in [1.82, 2.24) is 0 Å². The van der Waals surface area contributed by atoms with Crippen molar-refractivity contribution in [1.29, 1.82) is 0 Å². The Kier molecular flexibility index (Phi) is 7.87. The predicted octanol–water partition coefficient (Wildman–Crippen LogP) is 4.25. The molecule has 0 atom stereocenters. The van der Waals surface area contributed by atoms with Crippen molar-refractivity contribution in [2.24, 2.45) is 0 Å². The fraction of sp³-hybridized carbons (Fsp3) is 0.381. The van der Waals surface area contributed by atoms with Crippen LogP contribution in [-0.2, 0) is 14.8 Å². The highest BCUT2D eigenvalue weighted by Gasteiger charge is 2.13. The number of sulfonamides is 1. The highest BCUT2D eigenvalue weighted by molar-refractivity contribution is 7.92. The van der Waals surface area contributed by atoms with Crippen LogP contribution in [0, 0.1) is 13.8 Å². The quantitative estimate of drug-likeness (QED) is 0.580. The molecule has 6 nitrogen and oxygen atoms in total. The van der Waals surface area contributed by atoms with E-state index in [9.17, 15) is 13.2 Å². The molecule has 0 radical (unpaired) electrons. The largest absolute Gasteiger partial charge is 0.493 e. The first-order chi connectivity index (χ1) is 13.3. The van der Waals surface area contributed by atoms with E-state index in [1.165, 1.54) is 0 Å². The maximum atomic E-state index is 12.2. The summed E-state index contributed by atoms with van der Waals surface area (Å²) in [6.45, 7) is 6.02. The number of para-hydroxylation sites is 1. The number of ether oxygens (including phenoxy) is 1. The van der Waals surface area contributed by atoms with Gasteiger partial charge in [0.25, 0.3) is 0 Å². The molecule has 0 fully saturated rings. The molecule has 0 aliphatic heterocycles. The third kappa shape index (κ3) is 6.56. The number of anilines is 2. The first-order valence-corrected chi connectivity index (χ1v) is 11.1. The fourth-order valence-electron chi connectivity index (χ4n) is 2.71. The molecule has 0 bridgehead atoms. The van der Waals surface area contributed by atoms with Crippen molar-refractivity contribution in [2.45, 2.75) is 40.0 Å². The molecule has 2 aromatic carbocycles. The summed E-state index contributed by atoms with van der Waals surface area (Å²) in [6.07, 6.45) is 1.44. The number of hydrogen-bond acceptors (Lipinski definition) is 4. The lowest BCUT2D eigenvalue weighted by Gasteiger charge is -2.14. The molecule has 0 aliphatic carbocycles. The Balaban J connectivity index is 1.88. The lowest BCUT2D eigenvalue weighted by atomic mass is 10.1. The van der Waals surface area contributed by atoms with Gasteiger partial charge in [0.05, 0.1) is 18.0 Å². The second-order valence-corrected chi connectivity index (χ2v) is 8.51. The summed E-state index contributed by atoms with van der Waals surface area (Å²) < 4.78 is 32.3. The highest BCUT2D eigenvalue weighted by atomic mass is 32.2. The first-order valence-electron chi connectivity index (χ1n) is 9.41. The fourth-order valence-corrected chi connectivity index (χ4v) is 3.91. The molecule has 2 N–H and O–H groups in total. The zero-order valence-corrected chi connectivity index (χ0v) is 17.4. The molecule has 7 heteroatoms. The molecule has 0 unspecified atom stereocenters. The van der Waals surface area contributed by atoms with Crippen LogP contribution in [0.2, 0.25) is 0 Å². The van der Waals surface area contributed by atoms with Gasteiger partial charge in [-0.2, -0.15) is 0 Å². The van der Waals surface area contributed by atoms with Crippen LogP contribution in [0.3, 0.4) is 0 Å². The topological polar surface area (TPSA) is 84.5 Å². The first kappa shape index (κ1) is 21.8. The van der Waals surface area contributed by atoms with E-state index < -0.39 is 10.0 Å². The van der Waals surface area contributed by atoms with Gasteiger partial charge >= 0.3 is 0 Å². The second-order valence-electron chi connectivity index (χ2n) is 6.66. The van der Waals surface area contributed by atoms with Crippen LogP contribution in [0.1, 0.15) is 37.3 Å². The van der Waals surface area contributed by atoms with E-state index in [0.717, 1.165) is 11.3 Å². The van der Waals surface area contributed by atoms with E-state index in [0.29, 0.717) is 42.8 Å². The van der Waals surface area contributed by atoms with Gasteiger partial charge in [-0.05, 0) is 56.0 Å². The number of benzene rings is 2. The number of carbonyl (C=O) groups is 1. The average molecular weight is 405 g/mol. The zero-order valence-electron chi connectivity index (χ0n) is 16.6. The zero-order chi connectivity index (χ0) is 20.6. The minimum Gasteiger partial charge on any atom is -0.493 e. The van der Waals surface area contributed by atoms with Crippen LogP contribution in [-0.4, -0.2) is 26.7 Å². The lowest BCUT2D eigenvalue weighted by molar-refractivity contribution is -0.116. The molecule has 28 heavy (non-hydrogen) atoms. The van der Waals surface area contributed by atoms with E-state index in [1.807, 2.05) is 38.1 Å². The number of amides is 1. The summed E-state index contributed by atoms with van der Waals surface area (Å²) in [5, 5.41) is 2.85. The number of aryl methyl sites for hydroxylation is 1. The van der Waals surface area contributed by atoms with Crippen molar-refractivity contribution < 1.29 is 17.9 Å². The SMILES string of the molecule is CCCS(=O)(=O)Nc1cccc(NC(=O)CCCOc2ccccc2C)c1C.